The van der Waals surface area contributed by atoms with Gasteiger partial charge in [0.05, 0.1) is 9.79 Å². The molecule has 1 aliphatic rings. The van der Waals surface area contributed by atoms with Gasteiger partial charge in [0.2, 0.25) is 9.84 Å². The zero-order valence-electron chi connectivity index (χ0n) is 11.8. The topological polar surface area (TPSA) is 34.1 Å². The van der Waals surface area contributed by atoms with Gasteiger partial charge in [0.25, 0.3) is 0 Å². The number of benzene rings is 3. The van der Waals surface area contributed by atoms with Gasteiger partial charge in [-0.1, -0.05) is 47.3 Å². The van der Waals surface area contributed by atoms with E-state index in [9.17, 15) is 8.42 Å². The van der Waals surface area contributed by atoms with E-state index in [-0.39, 0.29) is 0 Å². The lowest BCUT2D eigenvalue weighted by molar-refractivity contribution is 0.599. The predicted octanol–water partition coefficient (Wildman–Crippen LogP) is 0.170. The molecule has 0 fully saturated rings. The van der Waals surface area contributed by atoms with Crippen LogP contribution in [-0.2, 0) is 9.84 Å². The summed E-state index contributed by atoms with van der Waals surface area (Å²) in [5, 5.41) is 2.12. The molecule has 0 unspecified atom stereocenters. The summed E-state index contributed by atoms with van der Waals surface area (Å²) in [6.45, 7) is 0. The Morgan fingerprint density at radius 1 is 0.810 bits per heavy atom. The van der Waals surface area contributed by atoms with Crippen LogP contribution >= 0.6 is 0 Å². The maximum Gasteiger partial charge on any atom is 0.207 e. The van der Waals surface area contributed by atoms with Crippen molar-refractivity contribution in [3.63, 3.8) is 0 Å². The Labute approximate surface area is 125 Å². The zero-order chi connectivity index (χ0) is 14.8. The van der Waals surface area contributed by atoms with Gasteiger partial charge < -0.3 is 0 Å². The quantitative estimate of drug-likeness (QED) is 0.433. The molecule has 0 aliphatic carbocycles. The first-order chi connectivity index (χ1) is 10.00. The van der Waals surface area contributed by atoms with Gasteiger partial charge in [-0.15, -0.1) is 0 Å². The van der Waals surface area contributed by atoms with Crippen molar-refractivity contribution < 1.29 is 8.42 Å². The minimum Gasteiger partial charge on any atom is -0.218 e. The molecule has 0 saturated heterocycles. The Hall–Kier alpha value is -2.00. The molecule has 100 valence electrons. The summed E-state index contributed by atoms with van der Waals surface area (Å²) < 4.78 is 25.6. The Morgan fingerprint density at radius 3 is 2.29 bits per heavy atom. The number of hydrogen-bond acceptors (Lipinski definition) is 2. The van der Waals surface area contributed by atoms with Crippen LogP contribution < -0.4 is 10.9 Å². The highest BCUT2D eigenvalue weighted by Gasteiger charge is 2.34. The molecule has 1 aliphatic heterocycles. The molecule has 21 heavy (non-hydrogen) atoms. The second-order valence-corrected chi connectivity index (χ2v) is 7.50. The van der Waals surface area contributed by atoms with E-state index in [0.29, 0.717) is 9.79 Å². The SMILES string of the molecule is Bc1ccc2c(c1)S(=O)(=O)c1cc(B)c3ccccc3c1-2. The smallest absolute Gasteiger partial charge is 0.207 e. The molecular weight excluding hydrogens is 278 g/mol. The Bertz CT molecular complexity index is 1020. The van der Waals surface area contributed by atoms with Gasteiger partial charge in [0.15, 0.2) is 0 Å². The third-order valence-electron chi connectivity index (χ3n) is 4.20. The summed E-state index contributed by atoms with van der Waals surface area (Å²) in [6, 6.07) is 15.5. The lowest BCUT2D eigenvalue weighted by Crippen LogP contribution is -2.08. The summed E-state index contributed by atoms with van der Waals surface area (Å²) in [6.07, 6.45) is 0. The first-order valence-electron chi connectivity index (χ1n) is 6.88. The van der Waals surface area contributed by atoms with Crippen molar-refractivity contribution in [3.05, 3.63) is 48.5 Å². The Kier molecular flexibility index (Phi) is 2.43. The van der Waals surface area contributed by atoms with Crippen LogP contribution in [-0.4, -0.2) is 24.1 Å². The minimum absolute atomic E-state index is 0.438. The second-order valence-electron chi connectivity index (χ2n) is 5.62. The van der Waals surface area contributed by atoms with Gasteiger partial charge >= 0.3 is 0 Å². The van der Waals surface area contributed by atoms with Crippen molar-refractivity contribution in [1.29, 1.82) is 0 Å². The summed E-state index contributed by atoms with van der Waals surface area (Å²) in [4.78, 5) is 0.882. The molecule has 0 saturated carbocycles. The summed E-state index contributed by atoms with van der Waals surface area (Å²) in [5.41, 5.74) is 3.64. The minimum atomic E-state index is -3.40. The highest BCUT2D eigenvalue weighted by molar-refractivity contribution is 7.92. The Balaban J connectivity index is 2.28. The molecule has 3 aromatic rings. The molecule has 0 atom stereocenters. The van der Waals surface area contributed by atoms with Crippen LogP contribution in [0.25, 0.3) is 21.9 Å². The van der Waals surface area contributed by atoms with Crippen LogP contribution in [0.2, 0.25) is 0 Å². The third-order valence-corrected chi connectivity index (χ3v) is 6.02. The number of sulfone groups is 1. The van der Waals surface area contributed by atoms with Gasteiger partial charge in [-0.3, -0.25) is 0 Å². The van der Waals surface area contributed by atoms with Crippen molar-refractivity contribution in [2.75, 3.05) is 0 Å². The summed E-state index contributed by atoms with van der Waals surface area (Å²) >= 11 is 0. The average molecular weight is 290 g/mol. The van der Waals surface area contributed by atoms with Crippen molar-refractivity contribution >= 4 is 47.2 Å². The van der Waals surface area contributed by atoms with Gasteiger partial charge in [-0.25, -0.2) is 8.42 Å². The largest absolute Gasteiger partial charge is 0.218 e. The first-order valence-corrected chi connectivity index (χ1v) is 8.37. The van der Waals surface area contributed by atoms with E-state index in [1.165, 1.54) is 0 Å². The number of rotatable bonds is 0. The fraction of sp³-hybridized carbons (Fsp3) is 0. The molecule has 3 aromatic carbocycles. The van der Waals surface area contributed by atoms with E-state index < -0.39 is 9.84 Å². The van der Waals surface area contributed by atoms with E-state index in [1.807, 2.05) is 58.2 Å². The van der Waals surface area contributed by atoms with Gasteiger partial charge in [-0.05, 0) is 22.9 Å². The molecular formula is C16H12B2O2S. The molecule has 0 N–H and O–H groups in total. The standard InChI is InChI=1S/C16H12B2O2S/c17-9-5-6-12-14(7-9)21(19,20)15-8-13(18)10-3-1-2-4-11(10)16(12)15/h1-8H,17-18H2. The van der Waals surface area contributed by atoms with E-state index >= 15 is 0 Å². The zero-order valence-corrected chi connectivity index (χ0v) is 12.7. The van der Waals surface area contributed by atoms with E-state index in [2.05, 4.69) is 0 Å². The third kappa shape index (κ3) is 1.58. The van der Waals surface area contributed by atoms with Crippen molar-refractivity contribution in [2.45, 2.75) is 9.79 Å². The van der Waals surface area contributed by atoms with Crippen LogP contribution in [0, 0.1) is 0 Å². The molecule has 0 amide bonds. The summed E-state index contributed by atoms with van der Waals surface area (Å²) in [7, 11) is 0.482. The highest BCUT2D eigenvalue weighted by atomic mass is 32.2. The van der Waals surface area contributed by atoms with Crippen LogP contribution in [0.4, 0.5) is 0 Å². The second kappa shape index (κ2) is 4.01. The van der Waals surface area contributed by atoms with Gasteiger partial charge in [0, 0.05) is 11.1 Å². The van der Waals surface area contributed by atoms with Crippen LogP contribution in [0.15, 0.2) is 58.3 Å². The monoisotopic (exact) mass is 290 g/mol. The van der Waals surface area contributed by atoms with E-state index in [4.69, 9.17) is 0 Å². The maximum absolute atomic E-state index is 12.8. The number of fused-ring (bicyclic) bond motifs is 5. The normalized spacial score (nSPS) is 14.9. The Morgan fingerprint density at radius 2 is 1.52 bits per heavy atom. The molecule has 5 heteroatoms. The first kappa shape index (κ1) is 12.7. The maximum atomic E-state index is 12.8. The molecule has 0 spiro atoms. The van der Waals surface area contributed by atoms with Crippen LogP contribution in [0.1, 0.15) is 0 Å². The highest BCUT2D eigenvalue weighted by Crippen LogP contribution is 2.45. The molecule has 0 radical (unpaired) electrons. The van der Waals surface area contributed by atoms with Gasteiger partial charge in [0.1, 0.15) is 15.7 Å². The predicted molar refractivity (Wildman–Crippen MR) is 91.2 cm³/mol. The fourth-order valence-corrected chi connectivity index (χ4v) is 5.05. The molecule has 0 aromatic heterocycles. The average Bonchev–Trinajstić information content (AvgIpc) is 2.68. The van der Waals surface area contributed by atoms with Gasteiger partial charge in [-0.2, -0.15) is 0 Å². The molecule has 4 rings (SSSR count). The van der Waals surface area contributed by atoms with E-state index in [1.54, 1.807) is 6.07 Å². The van der Waals surface area contributed by atoms with Crippen LogP contribution in [0.3, 0.4) is 0 Å². The van der Waals surface area contributed by atoms with E-state index in [0.717, 1.165) is 32.8 Å². The summed E-state index contributed by atoms with van der Waals surface area (Å²) in [5.74, 6) is 0. The van der Waals surface area contributed by atoms with Crippen molar-refractivity contribution in [3.8, 4) is 11.1 Å². The lowest BCUT2D eigenvalue weighted by Gasteiger charge is -2.08. The fourth-order valence-electron chi connectivity index (χ4n) is 3.19. The molecule has 2 nitrogen and oxygen atoms in total. The lowest BCUT2D eigenvalue weighted by atomic mass is 9.86. The molecule has 0 bridgehead atoms. The molecule has 1 heterocycles. The van der Waals surface area contributed by atoms with Crippen molar-refractivity contribution in [2.24, 2.45) is 0 Å². The van der Waals surface area contributed by atoms with Crippen molar-refractivity contribution in [1.82, 2.24) is 0 Å². The number of hydrogen-bond donors (Lipinski definition) is 0. The van der Waals surface area contributed by atoms with Crippen LogP contribution in [0.5, 0.6) is 0 Å².